The minimum atomic E-state index is -0.385. The lowest BCUT2D eigenvalue weighted by Gasteiger charge is -2.05. The van der Waals surface area contributed by atoms with Crippen molar-refractivity contribution >= 4 is 39.7 Å². The average molecular weight is 377 g/mol. The van der Waals surface area contributed by atoms with Gasteiger partial charge in [0.25, 0.3) is 5.56 Å². The molecule has 0 spiro atoms. The third-order valence-electron chi connectivity index (χ3n) is 3.46. The molecule has 0 radical (unpaired) electrons. The predicted octanol–water partition coefficient (Wildman–Crippen LogP) is 3.47. The Morgan fingerprint density at radius 2 is 2.24 bits per heavy atom. The van der Waals surface area contributed by atoms with Gasteiger partial charge < -0.3 is 5.32 Å². The lowest BCUT2D eigenvalue weighted by atomic mass is 10.3. The molecule has 25 heavy (non-hydrogen) atoms. The van der Waals surface area contributed by atoms with Gasteiger partial charge >= 0.3 is 0 Å². The van der Waals surface area contributed by atoms with Gasteiger partial charge in [0.2, 0.25) is 5.91 Å². The van der Waals surface area contributed by atoms with Crippen LogP contribution < -0.4 is 10.9 Å². The van der Waals surface area contributed by atoms with Crippen molar-refractivity contribution in [1.82, 2.24) is 9.38 Å². The molecule has 0 unspecified atom stereocenters. The highest BCUT2D eigenvalue weighted by molar-refractivity contribution is 7.98. The monoisotopic (exact) mass is 377 g/mol. The standard InChI is InChI=1S/C17H16FN3O2S2/c1-11-9-25-17-20-14(8-16(23)21(11)17)10-24-6-5-15(22)19-13-4-2-3-12(18)7-13/h2-4,7-9H,5-6,10H2,1H3,(H,19,22). The molecule has 8 heteroatoms. The van der Waals surface area contributed by atoms with E-state index in [9.17, 15) is 14.0 Å². The molecule has 0 aliphatic heterocycles. The van der Waals surface area contributed by atoms with Gasteiger partial charge in [-0.15, -0.1) is 11.3 Å². The van der Waals surface area contributed by atoms with Gasteiger partial charge in [-0.1, -0.05) is 6.07 Å². The van der Waals surface area contributed by atoms with Crippen LogP contribution in [0.4, 0.5) is 10.1 Å². The van der Waals surface area contributed by atoms with E-state index in [2.05, 4.69) is 10.3 Å². The highest BCUT2D eigenvalue weighted by Crippen LogP contribution is 2.16. The Kier molecular flexibility index (Phi) is 5.50. The number of aromatic nitrogens is 2. The summed E-state index contributed by atoms with van der Waals surface area (Å²) in [5, 5.41) is 4.56. The molecular formula is C17H16FN3O2S2. The molecule has 3 aromatic rings. The fraction of sp³-hybridized carbons (Fsp3) is 0.235. The van der Waals surface area contributed by atoms with E-state index < -0.39 is 0 Å². The number of aryl methyl sites for hydroxylation is 1. The van der Waals surface area contributed by atoms with E-state index in [0.29, 0.717) is 34.3 Å². The maximum Gasteiger partial charge on any atom is 0.258 e. The molecule has 2 aromatic heterocycles. The van der Waals surface area contributed by atoms with E-state index in [4.69, 9.17) is 0 Å². The smallest absolute Gasteiger partial charge is 0.258 e. The van der Waals surface area contributed by atoms with E-state index in [-0.39, 0.29) is 17.3 Å². The maximum absolute atomic E-state index is 13.1. The molecule has 5 nitrogen and oxygen atoms in total. The Balaban J connectivity index is 1.50. The van der Waals surface area contributed by atoms with Gasteiger partial charge in [0.05, 0.1) is 5.69 Å². The molecular weight excluding hydrogens is 361 g/mol. The zero-order valence-electron chi connectivity index (χ0n) is 13.5. The number of amides is 1. The highest BCUT2D eigenvalue weighted by atomic mass is 32.2. The van der Waals surface area contributed by atoms with Crippen LogP contribution in [0, 0.1) is 12.7 Å². The molecule has 3 rings (SSSR count). The average Bonchev–Trinajstić information content (AvgIpc) is 2.93. The number of nitrogens with zero attached hydrogens (tertiary/aromatic N) is 2. The summed E-state index contributed by atoms with van der Waals surface area (Å²) in [4.78, 5) is 29.1. The Morgan fingerprint density at radius 1 is 1.40 bits per heavy atom. The number of nitrogens with one attached hydrogen (secondary N) is 1. The number of halogens is 1. The molecule has 0 bridgehead atoms. The molecule has 1 amide bonds. The van der Waals surface area contributed by atoms with Crippen LogP contribution in [-0.4, -0.2) is 21.0 Å². The van der Waals surface area contributed by atoms with Crippen LogP contribution in [0.1, 0.15) is 17.8 Å². The highest BCUT2D eigenvalue weighted by Gasteiger charge is 2.07. The van der Waals surface area contributed by atoms with Crippen LogP contribution in [-0.2, 0) is 10.5 Å². The maximum atomic E-state index is 13.1. The lowest BCUT2D eigenvalue weighted by Crippen LogP contribution is -2.15. The second-order valence-corrected chi connectivity index (χ2v) is 7.38. The third kappa shape index (κ3) is 4.46. The van der Waals surface area contributed by atoms with Gasteiger partial charge in [0.1, 0.15) is 5.82 Å². The van der Waals surface area contributed by atoms with Gasteiger partial charge in [-0.25, -0.2) is 9.37 Å². The summed E-state index contributed by atoms with van der Waals surface area (Å²) in [5.41, 5.74) is 1.96. The summed E-state index contributed by atoms with van der Waals surface area (Å²) in [5.74, 6) is 0.598. The molecule has 1 N–H and O–H groups in total. The topological polar surface area (TPSA) is 63.5 Å². The zero-order chi connectivity index (χ0) is 17.8. The first-order valence-electron chi connectivity index (χ1n) is 7.63. The Labute approximate surface area is 151 Å². The van der Waals surface area contributed by atoms with Crippen molar-refractivity contribution in [3.05, 3.63) is 63.3 Å². The summed E-state index contributed by atoms with van der Waals surface area (Å²) in [7, 11) is 0. The fourth-order valence-electron chi connectivity index (χ4n) is 2.31. The van der Waals surface area contributed by atoms with E-state index in [1.54, 1.807) is 16.5 Å². The van der Waals surface area contributed by atoms with Crippen LogP contribution in [0.15, 0.2) is 40.5 Å². The Morgan fingerprint density at radius 3 is 3.04 bits per heavy atom. The summed E-state index contributed by atoms with van der Waals surface area (Å²) >= 11 is 2.97. The lowest BCUT2D eigenvalue weighted by molar-refractivity contribution is -0.115. The van der Waals surface area contributed by atoms with Gasteiger partial charge in [-0.3, -0.25) is 14.0 Å². The number of hydrogen-bond acceptors (Lipinski definition) is 5. The van der Waals surface area contributed by atoms with E-state index in [1.165, 1.54) is 41.3 Å². The van der Waals surface area contributed by atoms with Gasteiger partial charge in [-0.2, -0.15) is 11.8 Å². The molecule has 0 aliphatic carbocycles. The summed E-state index contributed by atoms with van der Waals surface area (Å²) in [6.07, 6.45) is 0.306. The summed E-state index contributed by atoms with van der Waals surface area (Å²) < 4.78 is 14.7. The van der Waals surface area contributed by atoms with Crippen molar-refractivity contribution in [2.45, 2.75) is 19.1 Å². The molecule has 0 aliphatic rings. The van der Waals surface area contributed by atoms with Crippen LogP contribution in [0.2, 0.25) is 0 Å². The molecule has 0 saturated carbocycles. The Hall–Kier alpha value is -2.19. The van der Waals surface area contributed by atoms with Crippen molar-refractivity contribution in [3.8, 4) is 0 Å². The van der Waals surface area contributed by atoms with Gasteiger partial charge in [0, 0.05) is 40.8 Å². The van der Waals surface area contributed by atoms with Crippen molar-refractivity contribution < 1.29 is 9.18 Å². The number of rotatable bonds is 6. The quantitative estimate of drug-likeness (QED) is 0.668. The first kappa shape index (κ1) is 17.6. The minimum Gasteiger partial charge on any atom is -0.326 e. The van der Waals surface area contributed by atoms with Crippen molar-refractivity contribution in [3.63, 3.8) is 0 Å². The SMILES string of the molecule is Cc1csc2nc(CSCCC(=O)Nc3cccc(F)c3)cc(=O)n12. The number of thiazole rings is 1. The minimum absolute atomic E-state index is 0.0804. The fourth-order valence-corrected chi connectivity index (χ4v) is 4.03. The number of fused-ring (bicyclic) bond motifs is 1. The first-order chi connectivity index (χ1) is 12.0. The molecule has 0 saturated heterocycles. The zero-order valence-corrected chi connectivity index (χ0v) is 15.1. The van der Waals surface area contributed by atoms with Crippen LogP contribution >= 0.6 is 23.1 Å². The molecule has 130 valence electrons. The number of thioether (sulfide) groups is 1. The first-order valence-corrected chi connectivity index (χ1v) is 9.66. The molecule has 1 aromatic carbocycles. The second-order valence-electron chi connectivity index (χ2n) is 5.44. The van der Waals surface area contributed by atoms with Crippen molar-refractivity contribution in [1.29, 1.82) is 0 Å². The number of carbonyl (C=O) groups is 1. The largest absolute Gasteiger partial charge is 0.326 e. The number of hydrogen-bond donors (Lipinski definition) is 1. The van der Waals surface area contributed by atoms with Gasteiger partial charge in [-0.05, 0) is 25.1 Å². The normalized spacial score (nSPS) is 11.0. The van der Waals surface area contributed by atoms with Crippen molar-refractivity contribution in [2.24, 2.45) is 0 Å². The molecule has 0 fully saturated rings. The van der Waals surface area contributed by atoms with Gasteiger partial charge in [0.15, 0.2) is 4.96 Å². The molecule has 2 heterocycles. The number of benzene rings is 1. The molecule has 0 atom stereocenters. The van der Waals surface area contributed by atoms with E-state index in [0.717, 1.165) is 5.69 Å². The van der Waals surface area contributed by atoms with E-state index >= 15 is 0 Å². The Bertz CT molecular complexity index is 968. The second kappa shape index (κ2) is 7.79. The predicted molar refractivity (Wildman–Crippen MR) is 99.9 cm³/mol. The summed E-state index contributed by atoms with van der Waals surface area (Å²) in [6.45, 7) is 1.87. The van der Waals surface area contributed by atoms with Crippen LogP contribution in [0.5, 0.6) is 0 Å². The van der Waals surface area contributed by atoms with Crippen molar-refractivity contribution in [2.75, 3.05) is 11.1 Å². The van der Waals surface area contributed by atoms with E-state index in [1.807, 2.05) is 12.3 Å². The third-order valence-corrected chi connectivity index (χ3v) is 5.40. The number of anilines is 1. The number of carbonyl (C=O) groups excluding carboxylic acids is 1. The van der Waals surface area contributed by atoms with Crippen LogP contribution in [0.3, 0.4) is 0 Å². The van der Waals surface area contributed by atoms with Crippen LogP contribution in [0.25, 0.3) is 4.96 Å². The summed E-state index contributed by atoms with van der Waals surface area (Å²) in [6, 6.07) is 7.33.